The van der Waals surface area contributed by atoms with Gasteiger partial charge in [-0.3, -0.25) is 0 Å². The number of hydrogen-bond acceptors (Lipinski definition) is 3. The van der Waals surface area contributed by atoms with Crippen molar-refractivity contribution in [3.63, 3.8) is 0 Å². The van der Waals surface area contributed by atoms with E-state index < -0.39 is 6.10 Å². The molecule has 0 bridgehead atoms. The zero-order valence-corrected chi connectivity index (χ0v) is 9.93. The minimum Gasteiger partial charge on any atom is -0.386 e. The molecule has 1 aromatic carbocycles. The van der Waals surface area contributed by atoms with Gasteiger partial charge >= 0.3 is 0 Å². The van der Waals surface area contributed by atoms with E-state index >= 15 is 0 Å². The number of aliphatic hydroxyl groups excluding tert-OH is 1. The summed E-state index contributed by atoms with van der Waals surface area (Å²) in [5, 5.41) is 9.98. The Labute approximate surface area is 97.0 Å². The third kappa shape index (κ3) is 4.31. The van der Waals surface area contributed by atoms with Crippen LogP contribution in [0, 0.1) is 0 Å². The molecule has 16 heavy (non-hydrogen) atoms. The molecule has 2 unspecified atom stereocenters. The second-order valence-corrected chi connectivity index (χ2v) is 3.63. The number of aliphatic hydroxyl groups is 1. The van der Waals surface area contributed by atoms with Crippen LogP contribution in [-0.4, -0.2) is 31.0 Å². The highest BCUT2D eigenvalue weighted by Crippen LogP contribution is 2.18. The van der Waals surface area contributed by atoms with E-state index in [-0.39, 0.29) is 6.10 Å². The van der Waals surface area contributed by atoms with Gasteiger partial charge in [0.05, 0.1) is 19.3 Å². The predicted octanol–water partition coefficient (Wildman–Crippen LogP) is 2.16. The Kier molecular flexibility index (Phi) is 6.08. The molecule has 0 amide bonds. The number of benzene rings is 1. The molecule has 1 aromatic rings. The largest absolute Gasteiger partial charge is 0.386 e. The molecule has 0 saturated carbocycles. The SMILES string of the molecule is CCOCCOC(C)C(O)c1ccccc1. The minimum absolute atomic E-state index is 0.220. The highest BCUT2D eigenvalue weighted by molar-refractivity contribution is 5.18. The second-order valence-electron chi connectivity index (χ2n) is 3.63. The Morgan fingerprint density at radius 1 is 1.19 bits per heavy atom. The Morgan fingerprint density at radius 3 is 2.50 bits per heavy atom. The van der Waals surface area contributed by atoms with E-state index in [9.17, 15) is 5.11 Å². The Bertz CT molecular complexity index is 274. The lowest BCUT2D eigenvalue weighted by atomic mass is 10.1. The molecule has 1 N–H and O–H groups in total. The highest BCUT2D eigenvalue weighted by atomic mass is 16.5. The van der Waals surface area contributed by atoms with Gasteiger partial charge in [0, 0.05) is 6.61 Å². The van der Waals surface area contributed by atoms with Crippen molar-refractivity contribution in [1.82, 2.24) is 0 Å². The highest BCUT2D eigenvalue weighted by Gasteiger charge is 2.16. The molecule has 2 atom stereocenters. The molecule has 90 valence electrons. The zero-order chi connectivity index (χ0) is 11.8. The molecule has 1 rings (SSSR count). The van der Waals surface area contributed by atoms with E-state index in [1.165, 1.54) is 0 Å². The molecule has 0 saturated heterocycles. The number of ether oxygens (including phenoxy) is 2. The van der Waals surface area contributed by atoms with Crippen LogP contribution in [0.1, 0.15) is 25.5 Å². The molecule has 0 spiro atoms. The summed E-state index contributed by atoms with van der Waals surface area (Å²) in [6.45, 7) is 5.59. The van der Waals surface area contributed by atoms with E-state index in [1.54, 1.807) is 0 Å². The van der Waals surface area contributed by atoms with Crippen molar-refractivity contribution in [3.05, 3.63) is 35.9 Å². The van der Waals surface area contributed by atoms with Crippen LogP contribution in [0.5, 0.6) is 0 Å². The summed E-state index contributed by atoms with van der Waals surface area (Å²) in [6, 6.07) is 9.54. The van der Waals surface area contributed by atoms with E-state index in [1.807, 2.05) is 44.2 Å². The third-order valence-electron chi connectivity index (χ3n) is 2.40. The lowest BCUT2D eigenvalue weighted by Crippen LogP contribution is -2.20. The Hall–Kier alpha value is -0.900. The van der Waals surface area contributed by atoms with Gasteiger partial charge in [-0.05, 0) is 19.4 Å². The average molecular weight is 224 g/mol. The fourth-order valence-electron chi connectivity index (χ4n) is 1.45. The van der Waals surface area contributed by atoms with Crippen LogP contribution in [0.2, 0.25) is 0 Å². The maximum Gasteiger partial charge on any atom is 0.105 e. The minimum atomic E-state index is -0.581. The zero-order valence-electron chi connectivity index (χ0n) is 9.93. The van der Waals surface area contributed by atoms with Gasteiger partial charge in [-0.1, -0.05) is 30.3 Å². The van der Waals surface area contributed by atoms with Crippen LogP contribution in [0.25, 0.3) is 0 Å². The first-order valence-electron chi connectivity index (χ1n) is 5.68. The summed E-state index contributed by atoms with van der Waals surface area (Å²) in [4.78, 5) is 0. The standard InChI is InChI=1S/C13H20O3/c1-3-15-9-10-16-11(2)13(14)12-7-5-4-6-8-12/h4-8,11,13-14H,3,9-10H2,1-2H3. The van der Waals surface area contributed by atoms with Crippen LogP contribution < -0.4 is 0 Å². The summed E-state index contributed by atoms with van der Waals surface area (Å²) in [5.74, 6) is 0. The molecule has 0 aliphatic heterocycles. The van der Waals surface area contributed by atoms with E-state index in [0.29, 0.717) is 19.8 Å². The van der Waals surface area contributed by atoms with Gasteiger partial charge in [0.1, 0.15) is 6.10 Å². The molecule has 0 aromatic heterocycles. The maximum absolute atomic E-state index is 9.98. The van der Waals surface area contributed by atoms with Gasteiger partial charge in [0.25, 0.3) is 0 Å². The van der Waals surface area contributed by atoms with Crippen LogP contribution in [0.15, 0.2) is 30.3 Å². The van der Waals surface area contributed by atoms with Gasteiger partial charge in [0.2, 0.25) is 0 Å². The van der Waals surface area contributed by atoms with Gasteiger partial charge in [0.15, 0.2) is 0 Å². The van der Waals surface area contributed by atoms with E-state index in [0.717, 1.165) is 5.56 Å². The van der Waals surface area contributed by atoms with Gasteiger partial charge in [-0.15, -0.1) is 0 Å². The molecule has 0 fully saturated rings. The average Bonchev–Trinajstić information content (AvgIpc) is 2.34. The summed E-state index contributed by atoms with van der Waals surface area (Å²) >= 11 is 0. The fraction of sp³-hybridized carbons (Fsp3) is 0.538. The monoisotopic (exact) mass is 224 g/mol. The molecule has 0 aliphatic rings. The summed E-state index contributed by atoms with van der Waals surface area (Å²) in [5.41, 5.74) is 0.881. The topological polar surface area (TPSA) is 38.7 Å². The summed E-state index contributed by atoms with van der Waals surface area (Å²) < 4.78 is 10.6. The first kappa shape index (κ1) is 13.2. The van der Waals surface area contributed by atoms with Crippen molar-refractivity contribution < 1.29 is 14.6 Å². The molecule has 0 radical (unpaired) electrons. The lowest BCUT2D eigenvalue weighted by Gasteiger charge is -2.19. The van der Waals surface area contributed by atoms with Crippen LogP contribution in [0.4, 0.5) is 0 Å². The summed E-state index contributed by atoms with van der Waals surface area (Å²) in [6.07, 6.45) is -0.800. The predicted molar refractivity (Wildman–Crippen MR) is 63.3 cm³/mol. The molecule has 0 heterocycles. The van der Waals surface area contributed by atoms with Gasteiger partial charge in [-0.2, -0.15) is 0 Å². The van der Waals surface area contributed by atoms with E-state index in [4.69, 9.17) is 9.47 Å². The maximum atomic E-state index is 9.98. The lowest BCUT2D eigenvalue weighted by molar-refractivity contribution is -0.0471. The normalized spacial score (nSPS) is 14.7. The third-order valence-corrected chi connectivity index (χ3v) is 2.40. The van der Waals surface area contributed by atoms with Crippen LogP contribution in [0.3, 0.4) is 0 Å². The van der Waals surface area contributed by atoms with Crippen LogP contribution >= 0.6 is 0 Å². The van der Waals surface area contributed by atoms with Gasteiger partial charge < -0.3 is 14.6 Å². The quantitative estimate of drug-likeness (QED) is 0.721. The molecule has 3 nitrogen and oxygen atoms in total. The smallest absolute Gasteiger partial charge is 0.105 e. The first-order valence-corrected chi connectivity index (χ1v) is 5.68. The number of rotatable bonds is 7. The molecular weight excluding hydrogens is 204 g/mol. The van der Waals surface area contributed by atoms with Crippen molar-refractivity contribution in [2.45, 2.75) is 26.1 Å². The van der Waals surface area contributed by atoms with Crippen molar-refractivity contribution in [3.8, 4) is 0 Å². The van der Waals surface area contributed by atoms with Gasteiger partial charge in [-0.25, -0.2) is 0 Å². The second kappa shape index (κ2) is 7.39. The Balaban J connectivity index is 2.33. The van der Waals surface area contributed by atoms with Crippen molar-refractivity contribution in [2.24, 2.45) is 0 Å². The van der Waals surface area contributed by atoms with Crippen molar-refractivity contribution in [1.29, 1.82) is 0 Å². The Morgan fingerprint density at radius 2 is 1.88 bits per heavy atom. The van der Waals surface area contributed by atoms with E-state index in [2.05, 4.69) is 0 Å². The summed E-state index contributed by atoms with van der Waals surface area (Å²) in [7, 11) is 0. The molecular formula is C13H20O3. The first-order chi connectivity index (χ1) is 7.75. The van der Waals surface area contributed by atoms with Crippen molar-refractivity contribution in [2.75, 3.05) is 19.8 Å². The fourth-order valence-corrected chi connectivity index (χ4v) is 1.45. The van der Waals surface area contributed by atoms with Crippen molar-refractivity contribution >= 4 is 0 Å². The molecule has 3 heteroatoms. The molecule has 0 aliphatic carbocycles. The number of hydrogen-bond donors (Lipinski definition) is 1. The van der Waals surface area contributed by atoms with Crippen LogP contribution in [-0.2, 0) is 9.47 Å².